The zero-order valence-corrected chi connectivity index (χ0v) is 16.6. The Morgan fingerprint density at radius 1 is 0.964 bits per heavy atom. The maximum atomic E-state index is 5.23. The molecule has 0 spiro atoms. The highest BCUT2D eigenvalue weighted by Crippen LogP contribution is 2.25. The molecule has 0 atom stereocenters. The van der Waals surface area contributed by atoms with Gasteiger partial charge in [-0.2, -0.15) is 5.10 Å². The Balaban J connectivity index is 1.50. The van der Waals surface area contributed by atoms with Gasteiger partial charge >= 0.3 is 0 Å². The first-order valence-electron chi connectivity index (χ1n) is 8.94. The van der Waals surface area contributed by atoms with Crippen molar-refractivity contribution >= 4 is 11.8 Å². The lowest BCUT2D eigenvalue weighted by molar-refractivity contribution is 0.415. The van der Waals surface area contributed by atoms with Crippen molar-refractivity contribution in [2.24, 2.45) is 0 Å². The Bertz CT molecular complexity index is 1060. The normalized spacial score (nSPS) is 10.8. The van der Waals surface area contributed by atoms with Gasteiger partial charge in [0.05, 0.1) is 19.0 Å². The molecule has 0 saturated carbocycles. The van der Waals surface area contributed by atoms with E-state index < -0.39 is 0 Å². The maximum Gasteiger partial charge on any atom is 0.176 e. The molecular formula is C22H20N4OS. The number of aryl methyl sites for hydroxylation is 1. The molecule has 0 N–H and O–H groups in total. The zero-order chi connectivity index (χ0) is 19.3. The summed E-state index contributed by atoms with van der Waals surface area (Å²) < 4.78 is 7.02. The second-order valence-electron chi connectivity index (χ2n) is 6.36. The molecule has 0 bridgehead atoms. The third-order valence-electron chi connectivity index (χ3n) is 4.34. The molecule has 0 amide bonds. The molecule has 2 aromatic heterocycles. The van der Waals surface area contributed by atoms with Crippen LogP contribution in [-0.4, -0.2) is 27.1 Å². The SMILES string of the molecule is COc1ccc(-c2ccnn2-c2ccc(SCc3cccc(C)c3)nn2)cc1. The minimum absolute atomic E-state index is 0.690. The molecule has 0 aliphatic heterocycles. The van der Waals surface area contributed by atoms with E-state index in [1.54, 1.807) is 29.8 Å². The molecule has 6 heteroatoms. The smallest absolute Gasteiger partial charge is 0.176 e. The van der Waals surface area contributed by atoms with Crippen molar-refractivity contribution in [1.82, 2.24) is 20.0 Å². The average Bonchev–Trinajstić information content (AvgIpc) is 3.23. The topological polar surface area (TPSA) is 52.8 Å². The number of rotatable bonds is 6. The average molecular weight is 388 g/mol. The van der Waals surface area contributed by atoms with E-state index in [2.05, 4.69) is 46.5 Å². The summed E-state index contributed by atoms with van der Waals surface area (Å²) in [6.45, 7) is 2.10. The molecule has 0 aliphatic carbocycles. The quantitative estimate of drug-likeness (QED) is 0.438. The van der Waals surface area contributed by atoms with Gasteiger partial charge in [-0.1, -0.05) is 41.6 Å². The Labute approximate surface area is 168 Å². The summed E-state index contributed by atoms with van der Waals surface area (Å²) in [6, 6.07) is 22.3. The van der Waals surface area contributed by atoms with Crippen molar-refractivity contribution < 1.29 is 4.74 Å². The van der Waals surface area contributed by atoms with E-state index in [-0.39, 0.29) is 0 Å². The Morgan fingerprint density at radius 3 is 2.54 bits per heavy atom. The molecule has 4 aromatic rings. The van der Waals surface area contributed by atoms with Gasteiger partial charge in [0.15, 0.2) is 5.82 Å². The third-order valence-corrected chi connectivity index (χ3v) is 5.33. The summed E-state index contributed by atoms with van der Waals surface area (Å²) in [7, 11) is 1.66. The Morgan fingerprint density at radius 2 is 1.82 bits per heavy atom. The first-order valence-corrected chi connectivity index (χ1v) is 9.92. The van der Waals surface area contributed by atoms with Gasteiger partial charge in [0, 0.05) is 11.3 Å². The van der Waals surface area contributed by atoms with Gasteiger partial charge < -0.3 is 4.74 Å². The molecule has 0 unspecified atom stereocenters. The summed E-state index contributed by atoms with van der Waals surface area (Å²) in [5.74, 6) is 2.38. The van der Waals surface area contributed by atoms with E-state index in [1.807, 2.05) is 42.5 Å². The van der Waals surface area contributed by atoms with Crippen molar-refractivity contribution in [3.63, 3.8) is 0 Å². The maximum absolute atomic E-state index is 5.23. The van der Waals surface area contributed by atoms with Crippen LogP contribution in [0.2, 0.25) is 0 Å². The van der Waals surface area contributed by atoms with Gasteiger partial charge in [-0.3, -0.25) is 0 Å². The second kappa shape index (κ2) is 8.27. The van der Waals surface area contributed by atoms with E-state index in [4.69, 9.17) is 4.74 Å². The highest BCUT2D eigenvalue weighted by atomic mass is 32.2. The third kappa shape index (κ3) is 4.07. The van der Waals surface area contributed by atoms with Crippen LogP contribution in [0, 0.1) is 6.92 Å². The fourth-order valence-electron chi connectivity index (χ4n) is 2.93. The lowest BCUT2D eigenvalue weighted by Gasteiger charge is -2.08. The molecule has 2 aromatic carbocycles. The molecule has 0 fully saturated rings. The van der Waals surface area contributed by atoms with Crippen LogP contribution < -0.4 is 4.74 Å². The summed E-state index contributed by atoms with van der Waals surface area (Å²) in [5, 5.41) is 14.0. The fraction of sp³-hybridized carbons (Fsp3) is 0.136. The van der Waals surface area contributed by atoms with Crippen molar-refractivity contribution in [2.45, 2.75) is 17.7 Å². The van der Waals surface area contributed by atoms with Gasteiger partial charge in [-0.05, 0) is 55.0 Å². The lowest BCUT2D eigenvalue weighted by Crippen LogP contribution is -2.03. The van der Waals surface area contributed by atoms with E-state index in [0.717, 1.165) is 27.8 Å². The summed E-state index contributed by atoms with van der Waals surface area (Å²) in [4.78, 5) is 0. The van der Waals surface area contributed by atoms with Crippen LogP contribution in [0.4, 0.5) is 0 Å². The van der Waals surface area contributed by atoms with Crippen molar-refractivity contribution in [3.8, 4) is 22.8 Å². The van der Waals surface area contributed by atoms with Crippen molar-refractivity contribution in [3.05, 3.63) is 84.1 Å². The molecule has 4 rings (SSSR count). The van der Waals surface area contributed by atoms with E-state index in [1.165, 1.54) is 11.1 Å². The number of nitrogens with zero attached hydrogens (tertiary/aromatic N) is 4. The van der Waals surface area contributed by atoms with Crippen LogP contribution >= 0.6 is 11.8 Å². The van der Waals surface area contributed by atoms with Crippen LogP contribution in [0.3, 0.4) is 0 Å². The summed E-state index contributed by atoms with van der Waals surface area (Å²) in [6.07, 6.45) is 1.77. The zero-order valence-electron chi connectivity index (χ0n) is 15.7. The molecule has 0 saturated heterocycles. The monoisotopic (exact) mass is 388 g/mol. The molecule has 0 aliphatic rings. The molecule has 28 heavy (non-hydrogen) atoms. The van der Waals surface area contributed by atoms with Crippen LogP contribution in [-0.2, 0) is 5.75 Å². The Hall–Kier alpha value is -3.12. The standard InChI is InChI=1S/C22H20N4OS/c1-16-4-3-5-17(14-16)15-28-22-11-10-21(24-25-22)26-20(12-13-23-26)18-6-8-19(27-2)9-7-18/h3-14H,15H2,1-2H3. The first-order chi connectivity index (χ1) is 13.7. The van der Waals surface area contributed by atoms with Gasteiger partial charge in [0.2, 0.25) is 0 Å². The van der Waals surface area contributed by atoms with Crippen LogP contribution in [0.25, 0.3) is 17.1 Å². The van der Waals surface area contributed by atoms with Gasteiger partial charge in [-0.15, -0.1) is 10.2 Å². The summed E-state index contributed by atoms with van der Waals surface area (Å²) in [5.41, 5.74) is 4.55. The molecule has 5 nitrogen and oxygen atoms in total. The largest absolute Gasteiger partial charge is 0.497 e. The number of hydrogen-bond acceptors (Lipinski definition) is 5. The van der Waals surface area contributed by atoms with Gasteiger partial charge in [0.25, 0.3) is 0 Å². The minimum Gasteiger partial charge on any atom is -0.497 e. The predicted octanol–water partition coefficient (Wildman–Crippen LogP) is 4.94. The lowest BCUT2D eigenvalue weighted by atomic mass is 10.1. The predicted molar refractivity (Wildman–Crippen MR) is 112 cm³/mol. The minimum atomic E-state index is 0.690. The van der Waals surface area contributed by atoms with Crippen molar-refractivity contribution in [1.29, 1.82) is 0 Å². The molecular weight excluding hydrogens is 368 g/mol. The highest BCUT2D eigenvalue weighted by Gasteiger charge is 2.10. The highest BCUT2D eigenvalue weighted by molar-refractivity contribution is 7.98. The van der Waals surface area contributed by atoms with E-state index >= 15 is 0 Å². The molecule has 0 radical (unpaired) electrons. The van der Waals surface area contributed by atoms with Gasteiger partial charge in [-0.25, -0.2) is 4.68 Å². The number of ether oxygens (including phenoxy) is 1. The van der Waals surface area contributed by atoms with Crippen LogP contribution in [0.1, 0.15) is 11.1 Å². The molecule has 2 heterocycles. The number of aromatic nitrogens is 4. The number of hydrogen-bond donors (Lipinski definition) is 0. The number of benzene rings is 2. The summed E-state index contributed by atoms with van der Waals surface area (Å²) >= 11 is 1.68. The van der Waals surface area contributed by atoms with Crippen LogP contribution in [0.15, 0.2) is 78.0 Å². The van der Waals surface area contributed by atoms with E-state index in [9.17, 15) is 0 Å². The van der Waals surface area contributed by atoms with E-state index in [0.29, 0.717) is 5.82 Å². The second-order valence-corrected chi connectivity index (χ2v) is 7.36. The fourth-order valence-corrected chi connectivity index (χ4v) is 3.69. The van der Waals surface area contributed by atoms with Crippen molar-refractivity contribution in [2.75, 3.05) is 7.11 Å². The number of methoxy groups -OCH3 is 1. The Kier molecular flexibility index (Phi) is 5.39. The number of thioether (sulfide) groups is 1. The van der Waals surface area contributed by atoms with Gasteiger partial charge in [0.1, 0.15) is 10.8 Å². The first kappa shape index (κ1) is 18.3. The van der Waals surface area contributed by atoms with Crippen LogP contribution in [0.5, 0.6) is 5.75 Å². The molecule has 140 valence electrons.